The standard InChI is InChI=1S/C10H18F3NO2S/c1-9(2)7-14(5-8(6-15)16-9)3-4-17-10(11,12)13/h8,15H,3-7H2,1-2H3. The average Bonchev–Trinajstić information content (AvgIpc) is 2.13. The molecule has 0 spiro atoms. The Morgan fingerprint density at radius 3 is 2.65 bits per heavy atom. The van der Waals surface area contributed by atoms with Gasteiger partial charge in [-0.1, -0.05) is 0 Å². The van der Waals surface area contributed by atoms with Gasteiger partial charge in [-0.05, 0) is 25.6 Å². The highest BCUT2D eigenvalue weighted by Gasteiger charge is 2.34. The summed E-state index contributed by atoms with van der Waals surface area (Å²) in [6.45, 7) is 5.07. The molecule has 0 aliphatic carbocycles. The molecule has 0 amide bonds. The largest absolute Gasteiger partial charge is 0.441 e. The van der Waals surface area contributed by atoms with Crippen molar-refractivity contribution < 1.29 is 23.0 Å². The fourth-order valence-electron chi connectivity index (χ4n) is 1.97. The first-order valence-corrected chi connectivity index (χ1v) is 6.42. The fraction of sp³-hybridized carbons (Fsp3) is 1.00. The monoisotopic (exact) mass is 273 g/mol. The topological polar surface area (TPSA) is 32.7 Å². The van der Waals surface area contributed by atoms with Gasteiger partial charge in [-0.25, -0.2) is 0 Å². The van der Waals surface area contributed by atoms with Crippen LogP contribution >= 0.6 is 11.8 Å². The van der Waals surface area contributed by atoms with Crippen molar-refractivity contribution >= 4 is 11.8 Å². The van der Waals surface area contributed by atoms with Gasteiger partial charge in [0, 0.05) is 25.4 Å². The molecule has 1 rings (SSSR count). The van der Waals surface area contributed by atoms with Gasteiger partial charge in [0.2, 0.25) is 0 Å². The molecule has 7 heteroatoms. The van der Waals surface area contributed by atoms with Crippen molar-refractivity contribution in [1.82, 2.24) is 4.90 Å². The summed E-state index contributed by atoms with van der Waals surface area (Å²) in [6.07, 6.45) is -0.311. The summed E-state index contributed by atoms with van der Waals surface area (Å²) < 4.78 is 41.5. The molecule has 1 N–H and O–H groups in total. The molecule has 102 valence electrons. The van der Waals surface area contributed by atoms with E-state index in [2.05, 4.69) is 0 Å². The zero-order valence-electron chi connectivity index (χ0n) is 9.96. The molecule has 17 heavy (non-hydrogen) atoms. The first kappa shape index (κ1) is 15.1. The number of morpholine rings is 1. The number of nitrogens with zero attached hydrogens (tertiary/aromatic N) is 1. The van der Waals surface area contributed by atoms with E-state index >= 15 is 0 Å². The maximum absolute atomic E-state index is 12.0. The highest BCUT2D eigenvalue weighted by atomic mass is 32.2. The van der Waals surface area contributed by atoms with Crippen LogP contribution in [0.4, 0.5) is 13.2 Å². The Labute approximate surface area is 103 Å². The highest BCUT2D eigenvalue weighted by Crippen LogP contribution is 2.30. The van der Waals surface area contributed by atoms with Gasteiger partial charge >= 0.3 is 5.51 Å². The molecule has 0 saturated carbocycles. The first-order chi connectivity index (χ1) is 7.72. The van der Waals surface area contributed by atoms with Gasteiger partial charge in [0.25, 0.3) is 0 Å². The molecule has 0 radical (unpaired) electrons. The van der Waals surface area contributed by atoms with Crippen molar-refractivity contribution in [3.05, 3.63) is 0 Å². The summed E-state index contributed by atoms with van der Waals surface area (Å²) in [7, 11) is 0. The number of halogens is 3. The minimum atomic E-state index is -4.17. The predicted molar refractivity (Wildman–Crippen MR) is 61.0 cm³/mol. The first-order valence-electron chi connectivity index (χ1n) is 5.43. The Hall–Kier alpha value is 0.0200. The molecule has 0 aromatic carbocycles. The molecule has 1 heterocycles. The van der Waals surface area contributed by atoms with Crippen molar-refractivity contribution in [1.29, 1.82) is 0 Å². The predicted octanol–water partition coefficient (Wildman–Crippen LogP) is 1.71. The van der Waals surface area contributed by atoms with E-state index in [1.54, 1.807) is 0 Å². The van der Waals surface area contributed by atoms with Crippen LogP contribution < -0.4 is 0 Å². The summed E-state index contributed by atoms with van der Waals surface area (Å²) in [5.41, 5.74) is -4.59. The van der Waals surface area contributed by atoms with E-state index in [-0.39, 0.29) is 30.2 Å². The normalized spacial score (nSPS) is 26.1. The van der Waals surface area contributed by atoms with Gasteiger partial charge in [-0.2, -0.15) is 13.2 Å². The second kappa shape index (κ2) is 5.77. The third-order valence-corrected chi connectivity index (χ3v) is 3.14. The van der Waals surface area contributed by atoms with E-state index in [1.807, 2.05) is 18.7 Å². The van der Waals surface area contributed by atoms with Gasteiger partial charge in [-0.15, -0.1) is 0 Å². The summed E-state index contributed by atoms with van der Waals surface area (Å²) >= 11 is -0.00879. The lowest BCUT2D eigenvalue weighted by Crippen LogP contribution is -2.54. The van der Waals surface area contributed by atoms with Crippen molar-refractivity contribution in [2.45, 2.75) is 31.1 Å². The number of rotatable bonds is 4. The van der Waals surface area contributed by atoms with Crippen LogP contribution in [0.3, 0.4) is 0 Å². The third-order valence-electron chi connectivity index (χ3n) is 2.43. The summed E-state index contributed by atoms with van der Waals surface area (Å²) in [4.78, 5) is 1.91. The van der Waals surface area contributed by atoms with Gasteiger partial charge < -0.3 is 9.84 Å². The second-order valence-corrected chi connectivity index (χ2v) is 5.87. The Balaban J connectivity index is 2.37. The van der Waals surface area contributed by atoms with Crippen LogP contribution in [-0.4, -0.2) is 59.2 Å². The molecule has 1 aliphatic rings. The average molecular weight is 273 g/mol. The lowest BCUT2D eigenvalue weighted by Gasteiger charge is -2.42. The molecular weight excluding hydrogens is 255 g/mol. The van der Waals surface area contributed by atoms with E-state index in [4.69, 9.17) is 9.84 Å². The van der Waals surface area contributed by atoms with Crippen LogP contribution in [-0.2, 0) is 4.74 Å². The summed E-state index contributed by atoms with van der Waals surface area (Å²) in [5.74, 6) is 0.0116. The highest BCUT2D eigenvalue weighted by molar-refractivity contribution is 8.00. The fourth-order valence-corrected chi connectivity index (χ4v) is 2.55. The molecule has 1 saturated heterocycles. The number of hydrogen-bond donors (Lipinski definition) is 1. The van der Waals surface area contributed by atoms with Crippen molar-refractivity contribution in [3.63, 3.8) is 0 Å². The third kappa shape index (κ3) is 5.94. The molecule has 1 fully saturated rings. The van der Waals surface area contributed by atoms with Crippen molar-refractivity contribution in [3.8, 4) is 0 Å². The van der Waals surface area contributed by atoms with Gasteiger partial charge in [0.15, 0.2) is 0 Å². The van der Waals surface area contributed by atoms with E-state index in [9.17, 15) is 13.2 Å². The summed E-state index contributed by atoms with van der Waals surface area (Å²) in [5, 5.41) is 9.06. The number of alkyl halides is 3. The number of thioether (sulfide) groups is 1. The zero-order valence-corrected chi connectivity index (χ0v) is 10.8. The number of aliphatic hydroxyl groups is 1. The van der Waals surface area contributed by atoms with E-state index in [0.717, 1.165) is 0 Å². The molecule has 3 nitrogen and oxygen atoms in total. The van der Waals surface area contributed by atoms with Crippen LogP contribution in [0.2, 0.25) is 0 Å². The SMILES string of the molecule is CC1(C)CN(CCSC(F)(F)F)CC(CO)O1. The number of ether oxygens (including phenoxy) is 1. The van der Waals surface area contributed by atoms with Gasteiger partial charge in [0.05, 0.1) is 18.3 Å². The van der Waals surface area contributed by atoms with E-state index in [1.165, 1.54) is 0 Å². The van der Waals surface area contributed by atoms with Crippen LogP contribution in [0.25, 0.3) is 0 Å². The minimum absolute atomic E-state index is 0.00879. The van der Waals surface area contributed by atoms with Crippen molar-refractivity contribution in [2.24, 2.45) is 0 Å². The van der Waals surface area contributed by atoms with Crippen molar-refractivity contribution in [2.75, 3.05) is 32.0 Å². The van der Waals surface area contributed by atoms with Crippen LogP contribution in [0.15, 0.2) is 0 Å². The minimum Gasteiger partial charge on any atom is -0.394 e. The smallest absolute Gasteiger partial charge is 0.394 e. The van der Waals surface area contributed by atoms with Crippen LogP contribution in [0.5, 0.6) is 0 Å². The van der Waals surface area contributed by atoms with Crippen LogP contribution in [0, 0.1) is 0 Å². The lowest BCUT2D eigenvalue weighted by atomic mass is 10.1. The van der Waals surface area contributed by atoms with E-state index in [0.29, 0.717) is 19.6 Å². The second-order valence-electron chi connectivity index (χ2n) is 4.71. The molecular formula is C10H18F3NO2S. The van der Waals surface area contributed by atoms with Gasteiger partial charge in [0.1, 0.15) is 0 Å². The Bertz CT molecular complexity index is 248. The Kier molecular flexibility index (Phi) is 5.12. The quantitative estimate of drug-likeness (QED) is 0.845. The van der Waals surface area contributed by atoms with Gasteiger partial charge in [-0.3, -0.25) is 4.90 Å². The zero-order chi connectivity index (χ0) is 13.1. The molecule has 0 bridgehead atoms. The molecule has 0 aromatic heterocycles. The van der Waals surface area contributed by atoms with Crippen LogP contribution in [0.1, 0.15) is 13.8 Å². The number of hydrogen-bond acceptors (Lipinski definition) is 4. The molecule has 1 aliphatic heterocycles. The lowest BCUT2D eigenvalue weighted by molar-refractivity contribution is -0.147. The Morgan fingerprint density at radius 2 is 2.12 bits per heavy atom. The molecule has 1 atom stereocenters. The molecule has 0 aromatic rings. The number of aliphatic hydroxyl groups excluding tert-OH is 1. The summed E-state index contributed by atoms with van der Waals surface area (Å²) in [6, 6.07) is 0. The maximum atomic E-state index is 12.0. The Morgan fingerprint density at radius 1 is 1.47 bits per heavy atom. The van der Waals surface area contributed by atoms with E-state index < -0.39 is 11.1 Å². The maximum Gasteiger partial charge on any atom is 0.441 e. The molecule has 1 unspecified atom stereocenters.